The van der Waals surface area contributed by atoms with Crippen LogP contribution in [-0.2, 0) is 19.1 Å². The molecule has 11 heteroatoms. The maximum absolute atomic E-state index is 13.2. The highest BCUT2D eigenvalue weighted by atomic mass is 32.2. The Morgan fingerprint density at radius 3 is 2.21 bits per heavy atom. The number of ether oxygens (including phenoxy) is 1. The number of halogens is 1. The van der Waals surface area contributed by atoms with Crippen LogP contribution in [0.25, 0.3) is 0 Å². The summed E-state index contributed by atoms with van der Waals surface area (Å²) in [5.74, 6) is -1.03. The molecule has 1 heterocycles. The first-order valence-electron chi connectivity index (χ1n) is 12.9. The van der Waals surface area contributed by atoms with Gasteiger partial charge in [0.25, 0.3) is 0 Å². The van der Waals surface area contributed by atoms with Crippen molar-refractivity contribution in [3.05, 3.63) is 30.1 Å². The largest absolute Gasteiger partial charge is 0.444 e. The first-order valence-corrected chi connectivity index (χ1v) is 14.3. The number of anilines is 1. The number of carbonyl (C=O) groups is 4. The van der Waals surface area contributed by atoms with Gasteiger partial charge in [0.15, 0.2) is 0 Å². The van der Waals surface area contributed by atoms with Crippen molar-refractivity contribution in [2.45, 2.75) is 71.6 Å². The molecule has 1 aromatic rings. The van der Waals surface area contributed by atoms with Crippen LogP contribution in [0, 0.1) is 17.7 Å². The van der Waals surface area contributed by atoms with E-state index >= 15 is 0 Å². The predicted octanol–water partition coefficient (Wildman–Crippen LogP) is 3.79. The van der Waals surface area contributed by atoms with Crippen LogP contribution in [0.1, 0.15) is 53.9 Å². The van der Waals surface area contributed by atoms with E-state index < -0.39 is 29.6 Å². The summed E-state index contributed by atoms with van der Waals surface area (Å²) in [5.41, 5.74) is -0.230. The molecule has 9 nitrogen and oxygen atoms in total. The van der Waals surface area contributed by atoms with E-state index in [-0.39, 0.29) is 29.6 Å². The SMILES string of the molecule is CSCC[C@H](NC(=O)OC(C)(C)C)C(=O)N1CCC(C(=O)N[C@H](C(=O)Nc2ccc(F)cc2)C(C)C)CC1. The predicted molar refractivity (Wildman–Crippen MR) is 147 cm³/mol. The smallest absolute Gasteiger partial charge is 0.408 e. The Hall–Kier alpha value is -2.82. The van der Waals surface area contributed by atoms with Crippen LogP contribution in [0.5, 0.6) is 0 Å². The molecule has 0 aliphatic carbocycles. The molecule has 3 N–H and O–H groups in total. The Balaban J connectivity index is 1.94. The van der Waals surface area contributed by atoms with Gasteiger partial charge in [-0.05, 0) is 82.2 Å². The molecule has 0 radical (unpaired) electrons. The lowest BCUT2D eigenvalue weighted by atomic mass is 9.94. The molecule has 4 amide bonds. The third-order valence-corrected chi connectivity index (χ3v) is 6.78. The number of benzene rings is 1. The Bertz CT molecular complexity index is 959. The third-order valence-electron chi connectivity index (χ3n) is 6.14. The van der Waals surface area contributed by atoms with Crippen molar-refractivity contribution in [1.29, 1.82) is 0 Å². The van der Waals surface area contributed by atoms with Crippen LogP contribution in [0.15, 0.2) is 24.3 Å². The number of carbonyl (C=O) groups excluding carboxylic acids is 4. The fourth-order valence-corrected chi connectivity index (χ4v) is 4.56. The molecule has 0 saturated carbocycles. The zero-order valence-electron chi connectivity index (χ0n) is 23.1. The van der Waals surface area contributed by atoms with Gasteiger partial charge in [-0.1, -0.05) is 13.8 Å². The van der Waals surface area contributed by atoms with E-state index in [9.17, 15) is 23.6 Å². The minimum atomic E-state index is -0.763. The average molecular weight is 553 g/mol. The number of hydrogen-bond donors (Lipinski definition) is 3. The van der Waals surface area contributed by atoms with E-state index in [1.165, 1.54) is 24.3 Å². The van der Waals surface area contributed by atoms with Gasteiger partial charge in [0.2, 0.25) is 17.7 Å². The van der Waals surface area contributed by atoms with E-state index in [0.717, 1.165) is 0 Å². The van der Waals surface area contributed by atoms with Crippen LogP contribution in [0.3, 0.4) is 0 Å². The lowest BCUT2D eigenvalue weighted by Crippen LogP contribution is -2.54. The van der Waals surface area contributed by atoms with Gasteiger partial charge in [-0.2, -0.15) is 11.8 Å². The van der Waals surface area contributed by atoms with Crippen LogP contribution in [0.4, 0.5) is 14.9 Å². The van der Waals surface area contributed by atoms with Crippen molar-refractivity contribution in [3.8, 4) is 0 Å². The Morgan fingerprint density at radius 2 is 1.68 bits per heavy atom. The maximum atomic E-state index is 13.2. The summed E-state index contributed by atoms with van der Waals surface area (Å²) in [4.78, 5) is 53.0. The number of likely N-dealkylation sites (tertiary alicyclic amines) is 1. The third kappa shape index (κ3) is 10.2. The average Bonchev–Trinajstić information content (AvgIpc) is 2.84. The lowest BCUT2D eigenvalue weighted by molar-refractivity contribution is -0.138. The number of piperidine rings is 1. The van der Waals surface area contributed by atoms with Gasteiger partial charge in [-0.3, -0.25) is 14.4 Å². The zero-order chi connectivity index (χ0) is 28.5. The number of thioether (sulfide) groups is 1. The van der Waals surface area contributed by atoms with E-state index in [1.54, 1.807) is 37.4 Å². The Morgan fingerprint density at radius 1 is 1.08 bits per heavy atom. The summed E-state index contributed by atoms with van der Waals surface area (Å²) in [6.45, 7) is 9.70. The van der Waals surface area contributed by atoms with Gasteiger partial charge in [0.1, 0.15) is 23.5 Å². The minimum absolute atomic E-state index is 0.169. The zero-order valence-corrected chi connectivity index (χ0v) is 24.0. The number of rotatable bonds is 10. The second-order valence-corrected chi connectivity index (χ2v) is 11.8. The molecular weight excluding hydrogens is 511 g/mol. The normalized spacial score (nSPS) is 15.9. The molecular formula is C27H41FN4O5S. The van der Waals surface area contributed by atoms with Gasteiger partial charge in [-0.25, -0.2) is 9.18 Å². The second kappa shape index (κ2) is 14.4. The fourth-order valence-electron chi connectivity index (χ4n) is 4.08. The summed E-state index contributed by atoms with van der Waals surface area (Å²) >= 11 is 1.58. The molecule has 1 aliphatic rings. The van der Waals surface area contributed by atoms with Crippen molar-refractivity contribution in [2.24, 2.45) is 11.8 Å². The van der Waals surface area contributed by atoms with Crippen LogP contribution < -0.4 is 16.0 Å². The Kier molecular flexibility index (Phi) is 11.9. The number of amides is 4. The summed E-state index contributed by atoms with van der Waals surface area (Å²) in [6.07, 6.45) is 2.67. The molecule has 0 bridgehead atoms. The standard InChI is InChI=1S/C27H41FN4O5S/c1-17(2)22(24(34)29-20-9-7-19(28)8-10-20)31-23(33)18-11-14-32(15-12-18)25(35)21(13-16-38-6)30-26(36)37-27(3,4)5/h7-10,17-18,21-22H,11-16H2,1-6H3,(H,29,34)(H,30,36)(H,31,33)/t21-,22-/m0/s1. The summed E-state index contributed by atoms with van der Waals surface area (Å²) in [7, 11) is 0. The fraction of sp³-hybridized carbons (Fsp3) is 0.630. The highest BCUT2D eigenvalue weighted by molar-refractivity contribution is 7.98. The molecule has 0 aromatic heterocycles. The van der Waals surface area contributed by atoms with Crippen LogP contribution in [-0.4, -0.2) is 71.5 Å². The van der Waals surface area contributed by atoms with E-state index in [2.05, 4.69) is 16.0 Å². The second-order valence-electron chi connectivity index (χ2n) is 10.8. The Labute approximate surface area is 229 Å². The number of alkyl carbamates (subject to hydrolysis) is 1. The minimum Gasteiger partial charge on any atom is -0.444 e. The number of nitrogens with zero attached hydrogens (tertiary/aromatic N) is 1. The molecule has 1 fully saturated rings. The van der Waals surface area contributed by atoms with Crippen LogP contribution in [0.2, 0.25) is 0 Å². The molecule has 0 unspecified atom stereocenters. The van der Waals surface area contributed by atoms with E-state index in [1.807, 2.05) is 20.1 Å². The lowest BCUT2D eigenvalue weighted by Gasteiger charge is -2.34. The van der Waals surface area contributed by atoms with Crippen molar-refractivity contribution in [2.75, 3.05) is 30.4 Å². The number of nitrogens with one attached hydrogen (secondary N) is 3. The summed E-state index contributed by atoms with van der Waals surface area (Å²) in [5, 5.41) is 8.28. The van der Waals surface area contributed by atoms with Gasteiger partial charge in [0, 0.05) is 24.7 Å². The van der Waals surface area contributed by atoms with Crippen molar-refractivity contribution < 1.29 is 28.3 Å². The van der Waals surface area contributed by atoms with E-state index in [4.69, 9.17) is 4.74 Å². The number of hydrogen-bond acceptors (Lipinski definition) is 6. The highest BCUT2D eigenvalue weighted by Gasteiger charge is 2.34. The molecule has 2 rings (SSSR count). The van der Waals surface area contributed by atoms with Crippen LogP contribution >= 0.6 is 11.8 Å². The molecule has 1 aliphatic heterocycles. The summed E-state index contributed by atoms with van der Waals surface area (Å²) in [6, 6.07) is 3.96. The van der Waals surface area contributed by atoms with Crippen molar-refractivity contribution in [3.63, 3.8) is 0 Å². The van der Waals surface area contributed by atoms with Gasteiger partial charge < -0.3 is 25.6 Å². The topological polar surface area (TPSA) is 117 Å². The summed E-state index contributed by atoms with van der Waals surface area (Å²) < 4.78 is 18.5. The monoisotopic (exact) mass is 552 g/mol. The van der Waals surface area contributed by atoms with Gasteiger partial charge in [-0.15, -0.1) is 0 Å². The first-order chi connectivity index (χ1) is 17.8. The molecule has 1 aromatic carbocycles. The maximum Gasteiger partial charge on any atom is 0.408 e. The molecule has 1 saturated heterocycles. The van der Waals surface area contributed by atoms with Crippen molar-refractivity contribution >= 4 is 41.3 Å². The van der Waals surface area contributed by atoms with E-state index in [0.29, 0.717) is 43.8 Å². The molecule has 38 heavy (non-hydrogen) atoms. The van der Waals surface area contributed by atoms with Crippen molar-refractivity contribution in [1.82, 2.24) is 15.5 Å². The van der Waals surface area contributed by atoms with Gasteiger partial charge in [0.05, 0.1) is 0 Å². The van der Waals surface area contributed by atoms with Gasteiger partial charge >= 0.3 is 6.09 Å². The quantitative estimate of drug-likeness (QED) is 0.407. The highest BCUT2D eigenvalue weighted by Crippen LogP contribution is 2.20. The first kappa shape index (κ1) is 31.4. The molecule has 212 valence electrons. The molecule has 2 atom stereocenters. The molecule has 0 spiro atoms.